The van der Waals surface area contributed by atoms with Crippen LogP contribution in [-0.4, -0.2) is 13.1 Å². The van der Waals surface area contributed by atoms with Crippen molar-refractivity contribution in [2.45, 2.75) is 40.5 Å². The van der Waals surface area contributed by atoms with Crippen molar-refractivity contribution in [2.75, 3.05) is 23.7 Å². The van der Waals surface area contributed by atoms with Crippen molar-refractivity contribution in [1.29, 1.82) is 0 Å². The molecule has 1 aromatic carbocycles. The molecule has 0 saturated carbocycles. The minimum Gasteiger partial charge on any atom is -0.398 e. The van der Waals surface area contributed by atoms with Crippen molar-refractivity contribution in [1.82, 2.24) is 0 Å². The standard InChI is InChI=1S/C16H26N2/c1-12-14(17)6-5-7-15(12)18-10-8-13(9-11-18)16(2,3)4/h5-7,13H,8-11,17H2,1-4H3. The maximum absolute atomic E-state index is 6.00. The van der Waals surface area contributed by atoms with Gasteiger partial charge in [-0.3, -0.25) is 0 Å². The maximum atomic E-state index is 6.00. The molecule has 2 nitrogen and oxygen atoms in total. The van der Waals surface area contributed by atoms with E-state index in [9.17, 15) is 0 Å². The first kappa shape index (κ1) is 13.3. The summed E-state index contributed by atoms with van der Waals surface area (Å²) in [6, 6.07) is 6.25. The van der Waals surface area contributed by atoms with Crippen molar-refractivity contribution in [3.05, 3.63) is 23.8 Å². The zero-order valence-corrected chi connectivity index (χ0v) is 12.2. The van der Waals surface area contributed by atoms with Gasteiger partial charge in [0.25, 0.3) is 0 Å². The zero-order valence-electron chi connectivity index (χ0n) is 12.2. The predicted octanol–water partition coefficient (Wildman–Crippen LogP) is 3.84. The largest absolute Gasteiger partial charge is 0.398 e. The maximum Gasteiger partial charge on any atom is 0.0416 e. The number of nitrogens with zero attached hydrogens (tertiary/aromatic N) is 1. The van der Waals surface area contributed by atoms with Crippen molar-refractivity contribution >= 4 is 11.4 Å². The second-order valence-corrected chi connectivity index (χ2v) is 6.62. The molecule has 0 bridgehead atoms. The lowest BCUT2D eigenvalue weighted by Crippen LogP contribution is -2.38. The molecule has 0 unspecified atom stereocenters. The van der Waals surface area contributed by atoms with Gasteiger partial charge in [-0.15, -0.1) is 0 Å². The van der Waals surface area contributed by atoms with Crippen LogP contribution in [0.1, 0.15) is 39.2 Å². The van der Waals surface area contributed by atoms with E-state index in [4.69, 9.17) is 5.73 Å². The van der Waals surface area contributed by atoms with Crippen molar-refractivity contribution in [3.8, 4) is 0 Å². The van der Waals surface area contributed by atoms with Crippen LogP contribution in [0.5, 0.6) is 0 Å². The summed E-state index contributed by atoms with van der Waals surface area (Å²) in [4.78, 5) is 2.49. The molecule has 18 heavy (non-hydrogen) atoms. The predicted molar refractivity (Wildman–Crippen MR) is 80.0 cm³/mol. The number of rotatable bonds is 1. The van der Waals surface area contributed by atoms with Gasteiger partial charge in [0, 0.05) is 24.5 Å². The minimum absolute atomic E-state index is 0.441. The Balaban J connectivity index is 2.08. The Kier molecular flexibility index (Phi) is 3.56. The molecular formula is C16H26N2. The fraction of sp³-hybridized carbons (Fsp3) is 0.625. The number of benzene rings is 1. The number of anilines is 2. The molecule has 1 heterocycles. The first-order valence-electron chi connectivity index (χ1n) is 6.99. The highest BCUT2D eigenvalue weighted by molar-refractivity contribution is 5.64. The summed E-state index contributed by atoms with van der Waals surface area (Å²) in [5, 5.41) is 0. The van der Waals surface area contributed by atoms with Crippen LogP contribution in [0.3, 0.4) is 0 Å². The van der Waals surface area contributed by atoms with E-state index in [1.54, 1.807) is 0 Å². The molecule has 1 fully saturated rings. The molecule has 1 aliphatic heterocycles. The fourth-order valence-electron chi connectivity index (χ4n) is 2.97. The van der Waals surface area contributed by atoms with Crippen LogP contribution in [0.15, 0.2) is 18.2 Å². The van der Waals surface area contributed by atoms with Crippen LogP contribution >= 0.6 is 0 Å². The molecule has 1 saturated heterocycles. The number of nitrogens with two attached hydrogens (primary N) is 1. The van der Waals surface area contributed by atoms with E-state index in [1.807, 2.05) is 6.07 Å². The Hall–Kier alpha value is -1.18. The average molecular weight is 246 g/mol. The smallest absolute Gasteiger partial charge is 0.0416 e. The van der Waals surface area contributed by atoms with E-state index in [0.717, 1.165) is 24.7 Å². The van der Waals surface area contributed by atoms with Gasteiger partial charge in [0.2, 0.25) is 0 Å². The summed E-state index contributed by atoms with van der Waals surface area (Å²) >= 11 is 0. The number of hydrogen-bond donors (Lipinski definition) is 1. The van der Waals surface area contributed by atoms with E-state index in [-0.39, 0.29) is 0 Å². The van der Waals surface area contributed by atoms with Crippen LogP contribution in [0.2, 0.25) is 0 Å². The Morgan fingerprint density at radius 3 is 2.33 bits per heavy atom. The van der Waals surface area contributed by atoms with Gasteiger partial charge in [-0.25, -0.2) is 0 Å². The molecule has 0 radical (unpaired) electrons. The summed E-state index contributed by atoms with van der Waals surface area (Å²) < 4.78 is 0. The van der Waals surface area contributed by atoms with Gasteiger partial charge in [-0.1, -0.05) is 26.8 Å². The summed E-state index contributed by atoms with van der Waals surface area (Å²) in [6.07, 6.45) is 2.58. The zero-order chi connectivity index (χ0) is 13.3. The van der Waals surface area contributed by atoms with E-state index in [1.165, 1.54) is 24.1 Å². The molecule has 0 spiro atoms. The highest BCUT2D eigenvalue weighted by atomic mass is 15.1. The van der Waals surface area contributed by atoms with Gasteiger partial charge in [0.15, 0.2) is 0 Å². The third-order valence-electron chi connectivity index (χ3n) is 4.41. The molecule has 2 rings (SSSR count). The second-order valence-electron chi connectivity index (χ2n) is 6.62. The van der Waals surface area contributed by atoms with Crippen molar-refractivity contribution in [2.24, 2.45) is 11.3 Å². The number of hydrogen-bond acceptors (Lipinski definition) is 2. The van der Waals surface area contributed by atoms with Crippen LogP contribution < -0.4 is 10.6 Å². The molecule has 0 aromatic heterocycles. The summed E-state index contributed by atoms with van der Waals surface area (Å²) in [7, 11) is 0. The van der Waals surface area contributed by atoms with E-state index < -0.39 is 0 Å². The van der Waals surface area contributed by atoms with Crippen LogP contribution in [0.25, 0.3) is 0 Å². The Bertz CT molecular complexity index is 410. The minimum atomic E-state index is 0.441. The number of piperidine rings is 1. The lowest BCUT2D eigenvalue weighted by atomic mass is 9.75. The van der Waals surface area contributed by atoms with Crippen molar-refractivity contribution in [3.63, 3.8) is 0 Å². The molecule has 2 heteroatoms. The topological polar surface area (TPSA) is 29.3 Å². The first-order chi connectivity index (χ1) is 8.39. The van der Waals surface area contributed by atoms with Gasteiger partial charge in [0.1, 0.15) is 0 Å². The van der Waals surface area contributed by atoms with Crippen LogP contribution in [0, 0.1) is 18.3 Å². The van der Waals surface area contributed by atoms with Crippen LogP contribution in [-0.2, 0) is 0 Å². The molecule has 1 aliphatic rings. The Morgan fingerprint density at radius 2 is 1.78 bits per heavy atom. The Morgan fingerprint density at radius 1 is 1.17 bits per heavy atom. The molecule has 2 N–H and O–H groups in total. The quantitative estimate of drug-likeness (QED) is 0.763. The van der Waals surface area contributed by atoms with Crippen LogP contribution in [0.4, 0.5) is 11.4 Å². The highest BCUT2D eigenvalue weighted by Gasteiger charge is 2.29. The normalized spacial score (nSPS) is 18.1. The fourth-order valence-corrected chi connectivity index (χ4v) is 2.97. The summed E-state index contributed by atoms with van der Waals surface area (Å²) in [5.41, 5.74) is 9.90. The summed E-state index contributed by atoms with van der Waals surface area (Å²) in [5.74, 6) is 0.843. The monoisotopic (exact) mass is 246 g/mol. The lowest BCUT2D eigenvalue weighted by molar-refractivity contribution is 0.199. The van der Waals surface area contributed by atoms with Gasteiger partial charge in [-0.05, 0) is 48.8 Å². The molecule has 0 amide bonds. The molecule has 0 atom stereocenters. The lowest BCUT2D eigenvalue weighted by Gasteiger charge is -2.40. The van der Waals surface area contributed by atoms with E-state index in [0.29, 0.717) is 5.41 Å². The molecule has 100 valence electrons. The Labute approximate surface area is 111 Å². The van der Waals surface area contributed by atoms with Gasteiger partial charge in [-0.2, -0.15) is 0 Å². The number of nitrogen functional groups attached to an aromatic ring is 1. The second kappa shape index (κ2) is 4.83. The van der Waals surface area contributed by atoms with E-state index >= 15 is 0 Å². The third kappa shape index (κ3) is 2.63. The third-order valence-corrected chi connectivity index (χ3v) is 4.41. The van der Waals surface area contributed by atoms with Gasteiger partial charge >= 0.3 is 0 Å². The van der Waals surface area contributed by atoms with Gasteiger partial charge in [0.05, 0.1) is 0 Å². The molecule has 1 aromatic rings. The van der Waals surface area contributed by atoms with Crippen molar-refractivity contribution < 1.29 is 0 Å². The highest BCUT2D eigenvalue weighted by Crippen LogP contribution is 2.36. The average Bonchev–Trinajstić information content (AvgIpc) is 2.32. The molecular weight excluding hydrogens is 220 g/mol. The SMILES string of the molecule is Cc1c(N)cccc1N1CCC(C(C)(C)C)CC1. The molecule has 0 aliphatic carbocycles. The van der Waals surface area contributed by atoms with Gasteiger partial charge < -0.3 is 10.6 Å². The summed E-state index contributed by atoms with van der Waals surface area (Å²) in [6.45, 7) is 11.5. The van der Waals surface area contributed by atoms with E-state index in [2.05, 4.69) is 44.7 Å². The first-order valence-corrected chi connectivity index (χ1v) is 6.99.